The number of halogens is 1. The topological polar surface area (TPSA) is 23.5 Å². The molecule has 1 aromatic rings. The number of phenols is 1. The standard InChI is InChI=1S/C14H19NO.ClH/c16-13-7-4-11(5-8-13)14-9-6-12-3-1-2-10-15(12)14;/h4-5,7-8,12,14,16H,1-3,6,9-10H2;1H/t12-,14-;/m1./s1. The first kappa shape index (κ1) is 12.7. The highest BCUT2D eigenvalue weighted by molar-refractivity contribution is 5.85. The minimum atomic E-state index is 0. The first-order chi connectivity index (χ1) is 7.84. The first-order valence-corrected chi connectivity index (χ1v) is 6.39. The molecule has 0 saturated carbocycles. The molecule has 0 spiro atoms. The van der Waals surface area contributed by atoms with Crippen molar-refractivity contribution in [3.63, 3.8) is 0 Å². The Morgan fingerprint density at radius 1 is 1.00 bits per heavy atom. The third-order valence-electron chi connectivity index (χ3n) is 4.12. The van der Waals surface area contributed by atoms with Crippen LogP contribution in [0.5, 0.6) is 5.75 Å². The fourth-order valence-corrected chi connectivity index (χ4v) is 3.31. The number of rotatable bonds is 1. The van der Waals surface area contributed by atoms with Gasteiger partial charge in [-0.1, -0.05) is 18.6 Å². The van der Waals surface area contributed by atoms with Gasteiger partial charge in [0, 0.05) is 12.1 Å². The van der Waals surface area contributed by atoms with Crippen LogP contribution in [0.15, 0.2) is 24.3 Å². The van der Waals surface area contributed by atoms with Crippen molar-refractivity contribution in [2.24, 2.45) is 0 Å². The summed E-state index contributed by atoms with van der Waals surface area (Å²) in [7, 11) is 0. The van der Waals surface area contributed by atoms with Gasteiger partial charge in [-0.15, -0.1) is 12.4 Å². The van der Waals surface area contributed by atoms with Gasteiger partial charge in [-0.2, -0.15) is 0 Å². The van der Waals surface area contributed by atoms with E-state index < -0.39 is 0 Å². The van der Waals surface area contributed by atoms with E-state index in [2.05, 4.69) is 17.0 Å². The molecule has 2 atom stereocenters. The van der Waals surface area contributed by atoms with Crippen LogP contribution in [0.4, 0.5) is 0 Å². The molecule has 2 saturated heterocycles. The minimum Gasteiger partial charge on any atom is -0.508 e. The maximum Gasteiger partial charge on any atom is 0.115 e. The Kier molecular flexibility index (Phi) is 3.95. The Balaban J connectivity index is 0.00000108. The van der Waals surface area contributed by atoms with Crippen LogP contribution in [0, 0.1) is 0 Å². The molecule has 94 valence electrons. The van der Waals surface area contributed by atoms with Crippen LogP contribution in [-0.4, -0.2) is 22.6 Å². The van der Waals surface area contributed by atoms with Gasteiger partial charge in [0.15, 0.2) is 0 Å². The lowest BCUT2D eigenvalue weighted by molar-refractivity contribution is 0.150. The molecular formula is C14H20ClNO. The van der Waals surface area contributed by atoms with Crippen LogP contribution >= 0.6 is 12.4 Å². The molecule has 2 nitrogen and oxygen atoms in total. The molecule has 2 aliphatic rings. The second-order valence-electron chi connectivity index (χ2n) is 5.07. The van der Waals surface area contributed by atoms with Gasteiger partial charge in [0.2, 0.25) is 0 Å². The van der Waals surface area contributed by atoms with Crippen molar-refractivity contribution in [3.05, 3.63) is 29.8 Å². The molecule has 0 unspecified atom stereocenters. The van der Waals surface area contributed by atoms with Crippen molar-refractivity contribution < 1.29 is 5.11 Å². The maximum atomic E-state index is 9.32. The molecule has 0 bridgehead atoms. The fraction of sp³-hybridized carbons (Fsp3) is 0.571. The quantitative estimate of drug-likeness (QED) is 0.828. The van der Waals surface area contributed by atoms with Crippen molar-refractivity contribution in [2.45, 2.75) is 44.2 Å². The van der Waals surface area contributed by atoms with Crippen molar-refractivity contribution >= 4 is 12.4 Å². The van der Waals surface area contributed by atoms with E-state index in [1.54, 1.807) is 0 Å². The van der Waals surface area contributed by atoms with E-state index in [1.165, 1.54) is 44.2 Å². The lowest BCUT2D eigenvalue weighted by Gasteiger charge is -2.34. The van der Waals surface area contributed by atoms with E-state index in [9.17, 15) is 5.11 Å². The SMILES string of the molecule is Cl.Oc1ccc([C@H]2CC[C@H]3CCCCN32)cc1. The average Bonchev–Trinajstić information content (AvgIpc) is 2.74. The summed E-state index contributed by atoms with van der Waals surface area (Å²) >= 11 is 0. The average molecular weight is 254 g/mol. The lowest BCUT2D eigenvalue weighted by Crippen LogP contribution is -2.35. The number of aromatic hydroxyl groups is 1. The zero-order valence-corrected chi connectivity index (χ0v) is 10.8. The third kappa shape index (κ3) is 2.43. The Hall–Kier alpha value is -0.730. The van der Waals surface area contributed by atoms with Gasteiger partial charge in [0.05, 0.1) is 0 Å². The first-order valence-electron chi connectivity index (χ1n) is 6.39. The van der Waals surface area contributed by atoms with E-state index in [1.807, 2.05) is 12.1 Å². The van der Waals surface area contributed by atoms with Gasteiger partial charge in [-0.05, 0) is 49.9 Å². The van der Waals surface area contributed by atoms with Crippen LogP contribution in [0.1, 0.15) is 43.7 Å². The summed E-state index contributed by atoms with van der Waals surface area (Å²) in [5.74, 6) is 0.372. The largest absolute Gasteiger partial charge is 0.508 e. The van der Waals surface area contributed by atoms with Crippen LogP contribution < -0.4 is 0 Å². The van der Waals surface area contributed by atoms with E-state index >= 15 is 0 Å². The molecule has 3 heteroatoms. The van der Waals surface area contributed by atoms with Crippen LogP contribution in [0.25, 0.3) is 0 Å². The van der Waals surface area contributed by atoms with E-state index in [4.69, 9.17) is 0 Å². The molecule has 0 aromatic heterocycles. The van der Waals surface area contributed by atoms with Crippen molar-refractivity contribution in [2.75, 3.05) is 6.54 Å². The fourth-order valence-electron chi connectivity index (χ4n) is 3.31. The van der Waals surface area contributed by atoms with E-state index in [-0.39, 0.29) is 12.4 Å². The Morgan fingerprint density at radius 2 is 1.76 bits per heavy atom. The normalized spacial score (nSPS) is 28.5. The Morgan fingerprint density at radius 3 is 2.53 bits per heavy atom. The number of hydrogen-bond acceptors (Lipinski definition) is 2. The Labute approximate surface area is 109 Å². The summed E-state index contributed by atoms with van der Waals surface area (Å²) in [6.07, 6.45) is 6.78. The van der Waals surface area contributed by atoms with Crippen LogP contribution in [0.2, 0.25) is 0 Å². The summed E-state index contributed by atoms with van der Waals surface area (Å²) in [6.45, 7) is 1.26. The predicted octanol–water partition coefficient (Wildman–Crippen LogP) is 3.50. The highest BCUT2D eigenvalue weighted by atomic mass is 35.5. The number of nitrogens with zero attached hydrogens (tertiary/aromatic N) is 1. The second-order valence-corrected chi connectivity index (χ2v) is 5.07. The monoisotopic (exact) mass is 253 g/mol. The van der Waals surface area contributed by atoms with Gasteiger partial charge < -0.3 is 5.11 Å². The molecule has 2 fully saturated rings. The van der Waals surface area contributed by atoms with Crippen LogP contribution in [-0.2, 0) is 0 Å². The third-order valence-corrected chi connectivity index (χ3v) is 4.12. The predicted molar refractivity (Wildman–Crippen MR) is 71.7 cm³/mol. The number of piperidine rings is 1. The van der Waals surface area contributed by atoms with E-state index in [0.717, 1.165) is 6.04 Å². The molecule has 0 aliphatic carbocycles. The highest BCUT2D eigenvalue weighted by Crippen LogP contribution is 2.40. The van der Waals surface area contributed by atoms with Gasteiger partial charge >= 0.3 is 0 Å². The summed E-state index contributed by atoms with van der Waals surface area (Å²) in [5.41, 5.74) is 1.38. The zero-order valence-electron chi connectivity index (χ0n) is 10.0. The van der Waals surface area contributed by atoms with Gasteiger partial charge in [0.1, 0.15) is 5.75 Å². The number of phenolic OH excluding ortho intramolecular Hbond substituents is 1. The van der Waals surface area contributed by atoms with Crippen LogP contribution in [0.3, 0.4) is 0 Å². The minimum absolute atomic E-state index is 0. The second kappa shape index (κ2) is 5.28. The number of hydrogen-bond donors (Lipinski definition) is 1. The van der Waals surface area contributed by atoms with Crippen molar-refractivity contribution in [1.29, 1.82) is 0 Å². The molecule has 17 heavy (non-hydrogen) atoms. The van der Waals surface area contributed by atoms with Gasteiger partial charge in [0.25, 0.3) is 0 Å². The summed E-state index contributed by atoms with van der Waals surface area (Å²) in [5, 5.41) is 9.32. The summed E-state index contributed by atoms with van der Waals surface area (Å²) in [4.78, 5) is 2.68. The molecule has 3 rings (SSSR count). The Bertz CT molecular complexity index is 365. The smallest absolute Gasteiger partial charge is 0.115 e. The molecule has 0 amide bonds. The highest BCUT2D eigenvalue weighted by Gasteiger charge is 2.35. The van der Waals surface area contributed by atoms with Gasteiger partial charge in [-0.3, -0.25) is 4.90 Å². The van der Waals surface area contributed by atoms with Crippen molar-refractivity contribution in [3.8, 4) is 5.75 Å². The molecule has 2 heterocycles. The lowest BCUT2D eigenvalue weighted by atomic mass is 10.0. The molecule has 0 radical (unpaired) electrons. The zero-order chi connectivity index (χ0) is 11.0. The van der Waals surface area contributed by atoms with E-state index in [0.29, 0.717) is 11.8 Å². The molecule has 1 aromatic carbocycles. The molecular weight excluding hydrogens is 234 g/mol. The molecule has 1 N–H and O–H groups in total. The number of benzene rings is 1. The summed E-state index contributed by atoms with van der Waals surface area (Å²) < 4.78 is 0. The maximum absolute atomic E-state index is 9.32. The van der Waals surface area contributed by atoms with Gasteiger partial charge in [-0.25, -0.2) is 0 Å². The summed E-state index contributed by atoms with van der Waals surface area (Å²) in [6, 6.07) is 9.21. The van der Waals surface area contributed by atoms with Crippen molar-refractivity contribution in [1.82, 2.24) is 4.90 Å². The number of fused-ring (bicyclic) bond motifs is 1. The molecule has 2 aliphatic heterocycles.